The lowest BCUT2D eigenvalue weighted by Gasteiger charge is -2.33. The number of sulfonamides is 1. The number of hydrogen-bond donors (Lipinski definition) is 3. The number of carbonyl (C=O) groups is 1. The fraction of sp³-hybridized carbons (Fsp3) is 0.462. The van der Waals surface area contributed by atoms with Gasteiger partial charge in [0, 0.05) is 18.7 Å². The molecular weight excluding hydrogens is 448 g/mol. The molecule has 0 bridgehead atoms. The van der Waals surface area contributed by atoms with Crippen LogP contribution in [0.4, 0.5) is 0 Å². The number of amides is 1. The Kier molecular flexibility index (Phi) is 7.83. The van der Waals surface area contributed by atoms with Crippen LogP contribution in [0.1, 0.15) is 57.2 Å². The van der Waals surface area contributed by atoms with Gasteiger partial charge in [-0.25, -0.2) is 8.42 Å². The van der Waals surface area contributed by atoms with Gasteiger partial charge in [-0.05, 0) is 59.9 Å². The Morgan fingerprint density at radius 2 is 1.76 bits per heavy atom. The van der Waals surface area contributed by atoms with Gasteiger partial charge in [0.25, 0.3) is 0 Å². The SMILES string of the molecule is CC1CCN(C(=O)[C@H](Cc2cccc(C(=N)N)c2)NS(=O)(=O)c2ccc(C(C)(C)C)cc2)CC1. The van der Waals surface area contributed by atoms with E-state index in [1.807, 2.05) is 18.2 Å². The third kappa shape index (κ3) is 6.45. The lowest BCUT2D eigenvalue weighted by molar-refractivity contribution is -0.134. The van der Waals surface area contributed by atoms with Gasteiger partial charge in [-0.2, -0.15) is 4.72 Å². The molecule has 0 aromatic heterocycles. The van der Waals surface area contributed by atoms with Crippen molar-refractivity contribution in [1.82, 2.24) is 9.62 Å². The maximum Gasteiger partial charge on any atom is 0.241 e. The van der Waals surface area contributed by atoms with Gasteiger partial charge in [-0.15, -0.1) is 0 Å². The zero-order valence-electron chi connectivity index (χ0n) is 20.5. The molecule has 2 aromatic rings. The molecule has 1 atom stereocenters. The Labute approximate surface area is 203 Å². The van der Waals surface area contributed by atoms with E-state index < -0.39 is 16.1 Å². The number of nitrogens with two attached hydrogens (primary N) is 1. The van der Waals surface area contributed by atoms with Crippen LogP contribution in [0.5, 0.6) is 0 Å². The number of likely N-dealkylation sites (tertiary alicyclic amines) is 1. The summed E-state index contributed by atoms with van der Waals surface area (Å²) in [5.74, 6) is 0.247. The first kappa shape index (κ1) is 25.9. The molecule has 1 saturated heterocycles. The number of nitrogens with zero attached hydrogens (tertiary/aromatic N) is 1. The molecule has 0 unspecified atom stereocenters. The van der Waals surface area contributed by atoms with Gasteiger partial charge < -0.3 is 10.6 Å². The second-order valence-corrected chi connectivity index (χ2v) is 12.0. The van der Waals surface area contributed by atoms with Crippen molar-refractivity contribution < 1.29 is 13.2 Å². The van der Waals surface area contributed by atoms with Gasteiger partial charge in [0.2, 0.25) is 15.9 Å². The molecule has 8 heteroatoms. The molecule has 4 N–H and O–H groups in total. The highest BCUT2D eigenvalue weighted by molar-refractivity contribution is 7.89. The second kappa shape index (κ2) is 10.3. The first-order valence-corrected chi connectivity index (χ1v) is 13.2. The van der Waals surface area contributed by atoms with E-state index in [1.165, 1.54) is 0 Å². The van der Waals surface area contributed by atoms with Crippen LogP contribution in [0, 0.1) is 11.3 Å². The summed E-state index contributed by atoms with van der Waals surface area (Å²) in [6.45, 7) is 9.60. The van der Waals surface area contributed by atoms with Crippen molar-refractivity contribution in [2.45, 2.75) is 63.3 Å². The van der Waals surface area contributed by atoms with Crippen molar-refractivity contribution in [3.63, 3.8) is 0 Å². The van der Waals surface area contributed by atoms with Crippen LogP contribution < -0.4 is 10.5 Å². The van der Waals surface area contributed by atoms with E-state index in [9.17, 15) is 13.2 Å². The number of carbonyl (C=O) groups excluding carboxylic acids is 1. The molecule has 1 heterocycles. The maximum absolute atomic E-state index is 13.5. The Morgan fingerprint density at radius 1 is 1.15 bits per heavy atom. The molecule has 1 fully saturated rings. The summed E-state index contributed by atoms with van der Waals surface area (Å²) in [7, 11) is -3.93. The Bertz CT molecular complexity index is 1130. The molecular formula is C26H36N4O3S. The third-order valence-electron chi connectivity index (χ3n) is 6.40. The molecule has 3 rings (SSSR count). The standard InChI is InChI=1S/C26H36N4O3S/c1-18-12-14-30(15-13-18)25(31)23(17-19-6-5-7-20(16-19)24(27)28)29-34(32,33)22-10-8-21(9-11-22)26(2,3)4/h5-11,16,18,23,29H,12-15,17H2,1-4H3,(H3,27,28)/t23-/m0/s1. The van der Waals surface area contributed by atoms with Gasteiger partial charge in [0.15, 0.2) is 0 Å². The lowest BCUT2D eigenvalue weighted by Crippen LogP contribution is -2.51. The van der Waals surface area contributed by atoms with Gasteiger partial charge in [0.05, 0.1) is 4.90 Å². The van der Waals surface area contributed by atoms with E-state index in [0.29, 0.717) is 24.6 Å². The molecule has 2 aromatic carbocycles. The molecule has 1 aliphatic heterocycles. The average molecular weight is 485 g/mol. The Morgan fingerprint density at radius 3 is 2.32 bits per heavy atom. The highest BCUT2D eigenvalue weighted by Gasteiger charge is 2.31. The first-order chi connectivity index (χ1) is 15.9. The fourth-order valence-corrected chi connectivity index (χ4v) is 5.31. The summed E-state index contributed by atoms with van der Waals surface area (Å²) in [5, 5.41) is 7.69. The average Bonchev–Trinajstić information content (AvgIpc) is 2.78. The normalized spacial score (nSPS) is 16.3. The van der Waals surface area contributed by atoms with Crippen LogP contribution >= 0.6 is 0 Å². The number of hydrogen-bond acceptors (Lipinski definition) is 4. The van der Waals surface area contributed by atoms with Crippen molar-refractivity contribution in [2.24, 2.45) is 11.7 Å². The van der Waals surface area contributed by atoms with Crippen molar-refractivity contribution in [3.05, 3.63) is 65.2 Å². The van der Waals surface area contributed by atoms with Crippen LogP contribution in [0.25, 0.3) is 0 Å². The van der Waals surface area contributed by atoms with E-state index in [0.717, 1.165) is 24.0 Å². The second-order valence-electron chi connectivity index (χ2n) is 10.3. The molecule has 1 aliphatic rings. The van der Waals surface area contributed by atoms with Crippen LogP contribution in [-0.2, 0) is 26.7 Å². The Balaban J connectivity index is 1.88. The summed E-state index contributed by atoms with van der Waals surface area (Å²) < 4.78 is 29.2. The number of piperidine rings is 1. The van der Waals surface area contributed by atoms with Crippen molar-refractivity contribution in [3.8, 4) is 0 Å². The number of nitrogen functional groups attached to an aromatic ring is 1. The van der Waals surface area contributed by atoms with E-state index in [2.05, 4.69) is 32.4 Å². The minimum Gasteiger partial charge on any atom is -0.384 e. The topological polar surface area (TPSA) is 116 Å². The lowest BCUT2D eigenvalue weighted by atomic mass is 9.87. The molecule has 7 nitrogen and oxygen atoms in total. The number of amidine groups is 1. The van der Waals surface area contributed by atoms with Gasteiger partial charge in [0.1, 0.15) is 11.9 Å². The van der Waals surface area contributed by atoms with E-state index in [-0.39, 0.29) is 28.5 Å². The van der Waals surface area contributed by atoms with E-state index in [4.69, 9.17) is 11.1 Å². The molecule has 0 aliphatic carbocycles. The smallest absolute Gasteiger partial charge is 0.241 e. The summed E-state index contributed by atoms with van der Waals surface area (Å²) in [6, 6.07) is 12.9. The van der Waals surface area contributed by atoms with E-state index >= 15 is 0 Å². The van der Waals surface area contributed by atoms with Gasteiger partial charge >= 0.3 is 0 Å². The Hall–Kier alpha value is -2.71. The minimum atomic E-state index is -3.93. The number of nitrogens with one attached hydrogen (secondary N) is 2. The summed E-state index contributed by atoms with van der Waals surface area (Å²) in [6.07, 6.45) is 1.98. The summed E-state index contributed by atoms with van der Waals surface area (Å²) >= 11 is 0. The minimum absolute atomic E-state index is 0.0748. The third-order valence-corrected chi connectivity index (χ3v) is 7.89. The van der Waals surface area contributed by atoms with Crippen LogP contribution in [0.3, 0.4) is 0 Å². The van der Waals surface area contributed by atoms with Crippen molar-refractivity contribution in [1.29, 1.82) is 5.41 Å². The molecule has 0 saturated carbocycles. The number of benzene rings is 2. The molecule has 0 radical (unpaired) electrons. The molecule has 0 spiro atoms. The zero-order chi connectivity index (χ0) is 25.1. The summed E-state index contributed by atoms with van der Waals surface area (Å²) in [5.41, 5.74) is 7.83. The molecule has 1 amide bonds. The number of rotatable bonds is 7. The first-order valence-electron chi connectivity index (χ1n) is 11.7. The quantitative estimate of drug-likeness (QED) is 0.412. The predicted molar refractivity (Wildman–Crippen MR) is 135 cm³/mol. The van der Waals surface area contributed by atoms with Crippen molar-refractivity contribution in [2.75, 3.05) is 13.1 Å². The summed E-state index contributed by atoms with van der Waals surface area (Å²) in [4.78, 5) is 15.3. The fourth-order valence-electron chi connectivity index (χ4n) is 4.12. The van der Waals surface area contributed by atoms with Crippen molar-refractivity contribution >= 4 is 21.8 Å². The highest BCUT2D eigenvalue weighted by Crippen LogP contribution is 2.24. The largest absolute Gasteiger partial charge is 0.384 e. The highest BCUT2D eigenvalue weighted by atomic mass is 32.2. The van der Waals surface area contributed by atoms with Gasteiger partial charge in [-0.3, -0.25) is 10.2 Å². The zero-order valence-corrected chi connectivity index (χ0v) is 21.3. The maximum atomic E-state index is 13.5. The monoisotopic (exact) mass is 484 g/mol. The molecule has 184 valence electrons. The van der Waals surface area contributed by atoms with Crippen LogP contribution in [0.2, 0.25) is 0 Å². The van der Waals surface area contributed by atoms with Crippen LogP contribution in [0.15, 0.2) is 53.4 Å². The molecule has 34 heavy (non-hydrogen) atoms. The van der Waals surface area contributed by atoms with Gasteiger partial charge in [-0.1, -0.05) is 58.0 Å². The van der Waals surface area contributed by atoms with Crippen LogP contribution in [-0.4, -0.2) is 44.2 Å². The predicted octanol–water partition coefficient (Wildman–Crippen LogP) is 3.42. The van der Waals surface area contributed by atoms with E-state index in [1.54, 1.807) is 35.2 Å².